The van der Waals surface area contributed by atoms with Crippen molar-refractivity contribution in [2.45, 2.75) is 52.4 Å². The third-order valence-corrected chi connectivity index (χ3v) is 4.82. The molecule has 1 unspecified atom stereocenters. The standard InChI is InChI=1S/C16H27O4P/c1-3-5-6-7-8-12-15-18-21(17,4-2)20-19-16-13-10-9-11-14-16/h9-11,13-14H,3-8,12,15H2,1-2H3. The summed E-state index contributed by atoms with van der Waals surface area (Å²) < 4.78 is 22.8. The highest BCUT2D eigenvalue weighted by Crippen LogP contribution is 2.48. The Bertz CT molecular complexity index is 408. The topological polar surface area (TPSA) is 44.8 Å². The molecule has 1 aromatic carbocycles. The first-order chi connectivity index (χ1) is 10.2. The second kappa shape index (κ2) is 10.8. The molecule has 0 amide bonds. The van der Waals surface area contributed by atoms with Gasteiger partial charge in [0.25, 0.3) is 0 Å². The van der Waals surface area contributed by atoms with Crippen LogP contribution in [0.2, 0.25) is 0 Å². The van der Waals surface area contributed by atoms with Gasteiger partial charge >= 0.3 is 7.60 Å². The Morgan fingerprint density at radius 3 is 2.29 bits per heavy atom. The fourth-order valence-corrected chi connectivity index (χ4v) is 2.77. The van der Waals surface area contributed by atoms with Crippen molar-refractivity contribution in [3.63, 3.8) is 0 Å². The second-order valence-corrected chi connectivity index (χ2v) is 7.26. The summed E-state index contributed by atoms with van der Waals surface area (Å²) in [6.07, 6.45) is 7.29. The van der Waals surface area contributed by atoms with Crippen molar-refractivity contribution in [2.24, 2.45) is 0 Å². The molecular weight excluding hydrogens is 287 g/mol. The van der Waals surface area contributed by atoms with E-state index in [1.54, 1.807) is 19.1 Å². The van der Waals surface area contributed by atoms with Gasteiger partial charge in [-0.25, -0.2) is 0 Å². The number of unbranched alkanes of at least 4 members (excludes halogenated alkanes) is 5. The SMILES string of the molecule is CCCCCCCCOP(=O)(CC)OOc1ccccc1. The minimum atomic E-state index is -3.15. The van der Waals surface area contributed by atoms with Gasteiger partial charge in [-0.2, -0.15) is 0 Å². The molecule has 5 heteroatoms. The molecule has 0 aliphatic heterocycles. The quantitative estimate of drug-likeness (QED) is 0.218. The maximum atomic E-state index is 12.3. The van der Waals surface area contributed by atoms with Crippen molar-refractivity contribution in [1.29, 1.82) is 0 Å². The molecule has 0 bridgehead atoms. The number of hydrogen-bond acceptors (Lipinski definition) is 4. The summed E-state index contributed by atoms with van der Waals surface area (Å²) >= 11 is 0. The highest BCUT2D eigenvalue weighted by atomic mass is 31.2. The highest BCUT2D eigenvalue weighted by Gasteiger charge is 2.24. The van der Waals surface area contributed by atoms with Gasteiger partial charge in [0.15, 0.2) is 5.75 Å². The van der Waals surface area contributed by atoms with Gasteiger partial charge in [0, 0.05) is 0 Å². The summed E-state index contributed by atoms with van der Waals surface area (Å²) in [5, 5.41) is 0. The fourth-order valence-electron chi connectivity index (χ4n) is 1.83. The Hall–Kier alpha value is -0.830. The molecule has 0 saturated heterocycles. The molecule has 0 spiro atoms. The van der Waals surface area contributed by atoms with E-state index >= 15 is 0 Å². The van der Waals surface area contributed by atoms with E-state index in [4.69, 9.17) is 14.1 Å². The molecule has 120 valence electrons. The molecule has 0 aliphatic carbocycles. The molecule has 0 aromatic heterocycles. The molecule has 21 heavy (non-hydrogen) atoms. The average molecular weight is 314 g/mol. The first kappa shape index (κ1) is 18.2. The van der Waals surface area contributed by atoms with Crippen molar-refractivity contribution in [3.05, 3.63) is 30.3 Å². The molecule has 1 aromatic rings. The Morgan fingerprint density at radius 1 is 0.952 bits per heavy atom. The summed E-state index contributed by atoms with van der Waals surface area (Å²) in [5.74, 6) is 0.523. The van der Waals surface area contributed by atoms with Gasteiger partial charge < -0.3 is 9.41 Å². The van der Waals surface area contributed by atoms with Gasteiger partial charge in [-0.3, -0.25) is 4.57 Å². The lowest BCUT2D eigenvalue weighted by Gasteiger charge is -2.15. The molecular formula is C16H27O4P. The van der Waals surface area contributed by atoms with Gasteiger partial charge in [-0.05, 0) is 18.6 Å². The zero-order valence-electron chi connectivity index (χ0n) is 13.1. The minimum absolute atomic E-state index is 0.301. The summed E-state index contributed by atoms with van der Waals surface area (Å²) in [6.45, 7) is 4.43. The van der Waals surface area contributed by atoms with Crippen LogP contribution in [0.4, 0.5) is 0 Å². The van der Waals surface area contributed by atoms with Crippen LogP contribution in [0.3, 0.4) is 0 Å². The van der Waals surface area contributed by atoms with Crippen LogP contribution in [0.25, 0.3) is 0 Å². The van der Waals surface area contributed by atoms with Gasteiger partial charge in [-0.1, -0.05) is 68.8 Å². The number of hydrogen-bond donors (Lipinski definition) is 0. The van der Waals surface area contributed by atoms with Gasteiger partial charge in [0.2, 0.25) is 0 Å². The van der Waals surface area contributed by atoms with Gasteiger partial charge in [0.05, 0.1) is 12.8 Å². The molecule has 0 fully saturated rings. The predicted molar refractivity (Wildman–Crippen MR) is 85.6 cm³/mol. The fraction of sp³-hybridized carbons (Fsp3) is 0.625. The zero-order chi connectivity index (χ0) is 15.4. The van der Waals surface area contributed by atoms with E-state index in [1.165, 1.54) is 25.7 Å². The van der Waals surface area contributed by atoms with E-state index in [-0.39, 0.29) is 0 Å². The van der Waals surface area contributed by atoms with E-state index in [9.17, 15) is 4.57 Å². The monoisotopic (exact) mass is 314 g/mol. The van der Waals surface area contributed by atoms with E-state index < -0.39 is 7.60 Å². The molecule has 0 radical (unpaired) electrons. The van der Waals surface area contributed by atoms with Crippen LogP contribution in [0.15, 0.2) is 30.3 Å². The van der Waals surface area contributed by atoms with Crippen molar-refractivity contribution in [1.82, 2.24) is 0 Å². The van der Waals surface area contributed by atoms with Crippen LogP contribution in [-0.4, -0.2) is 12.8 Å². The van der Waals surface area contributed by atoms with Gasteiger partial charge in [0.1, 0.15) is 0 Å². The van der Waals surface area contributed by atoms with Crippen molar-refractivity contribution >= 4 is 7.60 Å². The Balaban J connectivity index is 2.21. The van der Waals surface area contributed by atoms with Crippen molar-refractivity contribution < 1.29 is 18.7 Å². The second-order valence-electron chi connectivity index (χ2n) is 5.00. The highest BCUT2D eigenvalue weighted by molar-refractivity contribution is 7.53. The van der Waals surface area contributed by atoms with Crippen molar-refractivity contribution in [2.75, 3.05) is 12.8 Å². The maximum Gasteiger partial charge on any atom is 0.368 e. The normalized spacial score (nSPS) is 13.8. The lowest BCUT2D eigenvalue weighted by molar-refractivity contribution is -0.112. The first-order valence-corrected chi connectivity index (χ1v) is 9.58. The smallest absolute Gasteiger partial charge is 0.329 e. The minimum Gasteiger partial charge on any atom is -0.329 e. The summed E-state index contributed by atoms with van der Waals surface area (Å²) in [4.78, 5) is 5.08. The van der Waals surface area contributed by atoms with Crippen LogP contribution >= 0.6 is 7.60 Å². The third kappa shape index (κ3) is 8.25. The van der Waals surface area contributed by atoms with Gasteiger partial charge in [-0.15, -0.1) is 0 Å². The molecule has 1 rings (SSSR count). The Labute approximate surface area is 128 Å². The molecule has 0 N–H and O–H groups in total. The summed E-state index contributed by atoms with van der Waals surface area (Å²) in [6, 6.07) is 9.02. The predicted octanol–water partition coefficient (Wildman–Crippen LogP) is 5.59. The van der Waals surface area contributed by atoms with E-state index in [1.807, 2.05) is 18.2 Å². The number of rotatable bonds is 12. The van der Waals surface area contributed by atoms with Crippen LogP contribution in [-0.2, 0) is 13.8 Å². The van der Waals surface area contributed by atoms with E-state index in [0.717, 1.165) is 12.8 Å². The Morgan fingerprint density at radius 2 is 1.62 bits per heavy atom. The average Bonchev–Trinajstić information content (AvgIpc) is 2.53. The van der Waals surface area contributed by atoms with Crippen LogP contribution in [0, 0.1) is 0 Å². The van der Waals surface area contributed by atoms with Crippen LogP contribution in [0.5, 0.6) is 5.75 Å². The largest absolute Gasteiger partial charge is 0.368 e. The van der Waals surface area contributed by atoms with Crippen molar-refractivity contribution in [3.8, 4) is 5.75 Å². The lowest BCUT2D eigenvalue weighted by Crippen LogP contribution is -2.03. The molecule has 4 nitrogen and oxygen atoms in total. The van der Waals surface area contributed by atoms with Crippen LogP contribution in [0.1, 0.15) is 52.4 Å². The zero-order valence-corrected chi connectivity index (χ0v) is 14.0. The summed E-state index contributed by atoms with van der Waals surface area (Å²) in [5.41, 5.74) is 0. The maximum absolute atomic E-state index is 12.3. The van der Waals surface area contributed by atoms with E-state index in [2.05, 4.69) is 6.92 Å². The number of benzene rings is 1. The van der Waals surface area contributed by atoms with Crippen LogP contribution < -0.4 is 4.89 Å². The Kier molecular flexibility index (Phi) is 9.40. The number of para-hydroxylation sites is 1. The first-order valence-electron chi connectivity index (χ1n) is 7.85. The summed E-state index contributed by atoms with van der Waals surface area (Å²) in [7, 11) is -3.15. The molecule has 0 aliphatic rings. The van der Waals surface area contributed by atoms with E-state index in [0.29, 0.717) is 18.5 Å². The lowest BCUT2D eigenvalue weighted by atomic mass is 10.1. The molecule has 0 saturated carbocycles. The molecule has 0 heterocycles. The molecule has 1 atom stereocenters. The third-order valence-electron chi connectivity index (χ3n) is 3.16.